The van der Waals surface area contributed by atoms with E-state index >= 15 is 0 Å². The monoisotopic (exact) mass is 378 g/mol. The number of nitrogens with one attached hydrogen (secondary N) is 1. The first-order valence-corrected chi connectivity index (χ1v) is 9.34. The Morgan fingerprint density at radius 2 is 1.93 bits per heavy atom. The summed E-state index contributed by atoms with van der Waals surface area (Å²) in [5.41, 5.74) is 2.29. The van der Waals surface area contributed by atoms with Gasteiger partial charge in [-0.15, -0.1) is 0 Å². The Bertz CT molecular complexity index is 949. The van der Waals surface area contributed by atoms with Gasteiger partial charge in [0.15, 0.2) is 17.4 Å². The second-order valence-electron chi connectivity index (χ2n) is 7.00. The molecule has 1 aromatic carbocycles. The number of ketones is 1. The number of rotatable bonds is 8. The van der Waals surface area contributed by atoms with E-state index in [1.165, 1.54) is 0 Å². The predicted octanol–water partition coefficient (Wildman–Crippen LogP) is 3.20. The van der Waals surface area contributed by atoms with Crippen LogP contribution >= 0.6 is 0 Å². The molecular weight excluding hydrogens is 352 g/mol. The van der Waals surface area contributed by atoms with Crippen molar-refractivity contribution in [1.82, 2.24) is 24.6 Å². The van der Waals surface area contributed by atoms with Crippen molar-refractivity contribution >= 4 is 11.6 Å². The van der Waals surface area contributed by atoms with Crippen LogP contribution in [0.25, 0.3) is 17.2 Å². The van der Waals surface area contributed by atoms with Gasteiger partial charge in [0.25, 0.3) is 0 Å². The van der Waals surface area contributed by atoms with Crippen molar-refractivity contribution in [2.45, 2.75) is 20.3 Å². The number of Topliss-reactive ketones (excluding diaryl/α,β-unsaturated/α-hetero) is 1. The van der Waals surface area contributed by atoms with Gasteiger partial charge in [0.05, 0.1) is 17.5 Å². The number of carbonyl (C=O) groups is 1. The first kappa shape index (κ1) is 19.7. The van der Waals surface area contributed by atoms with Crippen molar-refractivity contribution in [2.75, 3.05) is 32.5 Å². The summed E-state index contributed by atoms with van der Waals surface area (Å²) < 4.78 is 1.69. The van der Waals surface area contributed by atoms with Crippen LogP contribution in [0.2, 0.25) is 0 Å². The molecular formula is C21H26N6O. The van der Waals surface area contributed by atoms with Crippen molar-refractivity contribution in [2.24, 2.45) is 0 Å². The van der Waals surface area contributed by atoms with E-state index in [4.69, 9.17) is 4.98 Å². The molecule has 2 aromatic heterocycles. The van der Waals surface area contributed by atoms with Crippen LogP contribution in [0.5, 0.6) is 0 Å². The molecule has 3 aromatic rings. The summed E-state index contributed by atoms with van der Waals surface area (Å²) in [7, 11) is 4.12. The van der Waals surface area contributed by atoms with Crippen LogP contribution in [-0.4, -0.2) is 57.6 Å². The highest BCUT2D eigenvalue weighted by molar-refractivity contribution is 5.95. The Morgan fingerprint density at radius 1 is 1.18 bits per heavy atom. The molecule has 0 bridgehead atoms. The van der Waals surface area contributed by atoms with Crippen molar-refractivity contribution in [3.05, 3.63) is 53.9 Å². The fraction of sp³-hybridized carbons (Fsp3) is 0.333. The van der Waals surface area contributed by atoms with Gasteiger partial charge in [-0.1, -0.05) is 30.3 Å². The number of carbonyl (C=O) groups excluding carboxylic acids is 1. The van der Waals surface area contributed by atoms with Gasteiger partial charge in [-0.2, -0.15) is 5.10 Å². The average Bonchev–Trinajstić information content (AvgIpc) is 3.07. The Morgan fingerprint density at radius 3 is 2.57 bits per heavy atom. The SMILES string of the molecule is CC(=O)c1cnn(-c2cc(NCCCN(C)C)nc(-c3ccccc3)n2)c1C. The second kappa shape index (κ2) is 8.75. The third-order valence-electron chi connectivity index (χ3n) is 4.44. The molecule has 1 N–H and O–H groups in total. The smallest absolute Gasteiger partial charge is 0.163 e. The lowest BCUT2D eigenvalue weighted by Gasteiger charge is -2.13. The molecule has 0 aliphatic rings. The molecule has 7 nitrogen and oxygen atoms in total. The molecule has 0 saturated heterocycles. The molecule has 0 unspecified atom stereocenters. The van der Waals surface area contributed by atoms with Gasteiger partial charge < -0.3 is 10.2 Å². The summed E-state index contributed by atoms with van der Waals surface area (Å²) in [4.78, 5) is 23.3. The molecule has 0 saturated carbocycles. The molecule has 0 amide bonds. The first-order chi connectivity index (χ1) is 13.5. The van der Waals surface area contributed by atoms with Crippen LogP contribution in [0, 0.1) is 6.92 Å². The third-order valence-corrected chi connectivity index (χ3v) is 4.44. The van der Waals surface area contributed by atoms with Gasteiger partial charge in [0, 0.05) is 18.2 Å². The fourth-order valence-electron chi connectivity index (χ4n) is 2.95. The lowest BCUT2D eigenvalue weighted by Crippen LogP contribution is -2.17. The standard InChI is InChI=1S/C21H26N6O/c1-15-18(16(2)28)14-23-27(15)20-13-19(22-11-8-12-26(3)4)24-21(25-20)17-9-6-5-7-10-17/h5-7,9-10,13-14H,8,11-12H2,1-4H3,(H,22,24,25). The van der Waals surface area contributed by atoms with E-state index in [1.807, 2.05) is 43.3 Å². The van der Waals surface area contributed by atoms with Crippen LogP contribution < -0.4 is 5.32 Å². The van der Waals surface area contributed by atoms with Crippen molar-refractivity contribution in [3.8, 4) is 17.2 Å². The normalized spacial score (nSPS) is 11.0. The van der Waals surface area contributed by atoms with Crippen LogP contribution in [-0.2, 0) is 0 Å². The van der Waals surface area contributed by atoms with Crippen LogP contribution in [0.1, 0.15) is 29.4 Å². The molecule has 0 aliphatic carbocycles. The number of aromatic nitrogens is 4. The largest absolute Gasteiger partial charge is 0.370 e. The van der Waals surface area contributed by atoms with E-state index in [-0.39, 0.29) is 5.78 Å². The highest BCUT2D eigenvalue weighted by atomic mass is 16.1. The van der Waals surface area contributed by atoms with Crippen molar-refractivity contribution < 1.29 is 4.79 Å². The molecule has 0 aliphatic heterocycles. The minimum absolute atomic E-state index is 0.0110. The molecule has 0 fully saturated rings. The summed E-state index contributed by atoms with van der Waals surface area (Å²) in [5, 5.41) is 7.76. The topological polar surface area (TPSA) is 75.9 Å². The number of nitrogens with zero attached hydrogens (tertiary/aromatic N) is 5. The quantitative estimate of drug-likeness (QED) is 0.479. The summed E-state index contributed by atoms with van der Waals surface area (Å²) in [6.45, 7) is 5.22. The molecule has 28 heavy (non-hydrogen) atoms. The van der Waals surface area contributed by atoms with Gasteiger partial charge >= 0.3 is 0 Å². The summed E-state index contributed by atoms with van der Waals surface area (Å²) in [5.74, 6) is 1.98. The zero-order valence-electron chi connectivity index (χ0n) is 16.8. The van der Waals surface area contributed by atoms with Crippen molar-refractivity contribution in [3.63, 3.8) is 0 Å². The maximum absolute atomic E-state index is 11.8. The van der Waals surface area contributed by atoms with Gasteiger partial charge in [0.1, 0.15) is 5.82 Å². The van der Waals surface area contributed by atoms with Gasteiger partial charge in [-0.25, -0.2) is 14.6 Å². The lowest BCUT2D eigenvalue weighted by atomic mass is 10.2. The van der Waals surface area contributed by atoms with Gasteiger partial charge in [-0.3, -0.25) is 4.79 Å². The summed E-state index contributed by atoms with van der Waals surface area (Å²) in [6.07, 6.45) is 2.59. The number of hydrogen-bond acceptors (Lipinski definition) is 6. The number of anilines is 1. The summed E-state index contributed by atoms with van der Waals surface area (Å²) in [6, 6.07) is 11.7. The van der Waals surface area contributed by atoms with E-state index in [0.29, 0.717) is 17.2 Å². The van der Waals surface area contributed by atoms with E-state index in [9.17, 15) is 4.79 Å². The number of benzene rings is 1. The third kappa shape index (κ3) is 4.61. The lowest BCUT2D eigenvalue weighted by molar-refractivity contribution is 0.101. The molecule has 0 spiro atoms. The first-order valence-electron chi connectivity index (χ1n) is 9.34. The van der Waals surface area contributed by atoms with E-state index < -0.39 is 0 Å². The summed E-state index contributed by atoms with van der Waals surface area (Å²) >= 11 is 0. The van der Waals surface area contributed by atoms with Gasteiger partial charge in [-0.05, 0) is 40.9 Å². The predicted molar refractivity (Wildman–Crippen MR) is 111 cm³/mol. The number of hydrogen-bond donors (Lipinski definition) is 1. The molecule has 146 valence electrons. The average molecular weight is 378 g/mol. The van der Waals surface area contributed by atoms with Crippen molar-refractivity contribution in [1.29, 1.82) is 0 Å². The zero-order valence-corrected chi connectivity index (χ0v) is 16.8. The van der Waals surface area contributed by atoms with E-state index in [2.05, 4.69) is 34.4 Å². The van der Waals surface area contributed by atoms with Crippen LogP contribution in [0.15, 0.2) is 42.6 Å². The van der Waals surface area contributed by atoms with Crippen LogP contribution in [0.4, 0.5) is 5.82 Å². The molecule has 0 atom stereocenters. The van der Waals surface area contributed by atoms with Gasteiger partial charge in [0.2, 0.25) is 0 Å². The Labute approximate surface area is 165 Å². The molecule has 3 rings (SSSR count). The molecule has 0 radical (unpaired) electrons. The Hall–Kier alpha value is -3.06. The molecule has 2 heterocycles. The second-order valence-corrected chi connectivity index (χ2v) is 7.00. The minimum Gasteiger partial charge on any atom is -0.370 e. The zero-order chi connectivity index (χ0) is 20.1. The fourth-order valence-corrected chi connectivity index (χ4v) is 2.95. The Kier molecular flexibility index (Phi) is 6.16. The molecule has 7 heteroatoms. The maximum Gasteiger partial charge on any atom is 0.163 e. The van der Waals surface area contributed by atoms with Crippen LogP contribution in [0.3, 0.4) is 0 Å². The maximum atomic E-state index is 11.8. The van der Waals surface area contributed by atoms with E-state index in [0.717, 1.165) is 36.6 Å². The Balaban J connectivity index is 1.97. The highest BCUT2D eigenvalue weighted by Crippen LogP contribution is 2.21. The minimum atomic E-state index is -0.0110. The van der Waals surface area contributed by atoms with E-state index in [1.54, 1.807) is 17.8 Å². The highest BCUT2D eigenvalue weighted by Gasteiger charge is 2.15.